The Labute approximate surface area is 182 Å². The second kappa shape index (κ2) is 10.0. The Bertz CT molecular complexity index is 1050. The van der Waals surface area contributed by atoms with Gasteiger partial charge < -0.3 is 14.8 Å². The molecule has 1 aromatic carbocycles. The van der Waals surface area contributed by atoms with Crippen molar-refractivity contribution in [1.29, 1.82) is 0 Å². The molecule has 2 amide bonds. The van der Waals surface area contributed by atoms with Gasteiger partial charge in [-0.05, 0) is 35.9 Å². The van der Waals surface area contributed by atoms with Crippen molar-refractivity contribution < 1.29 is 19.1 Å². The van der Waals surface area contributed by atoms with Crippen LogP contribution in [0.15, 0.2) is 41.8 Å². The third-order valence-electron chi connectivity index (χ3n) is 3.96. The van der Waals surface area contributed by atoms with E-state index in [1.807, 2.05) is 29.6 Å². The predicted octanol–water partition coefficient (Wildman–Crippen LogP) is 4.18. The summed E-state index contributed by atoms with van der Waals surface area (Å²) in [4.78, 5) is 29.8. The molecular weight excluding hydrogens is 422 g/mol. The van der Waals surface area contributed by atoms with Gasteiger partial charge in [0.1, 0.15) is 11.5 Å². The molecule has 156 valence electrons. The van der Waals surface area contributed by atoms with E-state index in [4.69, 9.17) is 9.47 Å². The number of thiophene rings is 1. The molecule has 0 aliphatic heterocycles. The number of hydrogen-bond donors (Lipinski definition) is 2. The zero-order valence-corrected chi connectivity index (χ0v) is 18.4. The summed E-state index contributed by atoms with van der Waals surface area (Å²) in [5, 5.41) is 7.95. The molecule has 9 heteroatoms. The number of nitrogens with zero attached hydrogens (tertiary/aromatic N) is 1. The fourth-order valence-corrected chi connectivity index (χ4v) is 4.21. The average Bonchev–Trinajstić information content (AvgIpc) is 3.39. The van der Waals surface area contributed by atoms with E-state index in [0.29, 0.717) is 23.2 Å². The van der Waals surface area contributed by atoms with E-state index in [1.165, 1.54) is 24.3 Å². The molecule has 0 radical (unpaired) electrons. The van der Waals surface area contributed by atoms with Gasteiger partial charge in [0.15, 0.2) is 5.13 Å². The van der Waals surface area contributed by atoms with Crippen molar-refractivity contribution in [2.75, 3.05) is 19.5 Å². The van der Waals surface area contributed by atoms with Crippen LogP contribution in [-0.2, 0) is 16.1 Å². The molecule has 0 aliphatic rings. The number of amides is 2. The first-order valence-electron chi connectivity index (χ1n) is 8.98. The van der Waals surface area contributed by atoms with E-state index >= 15 is 0 Å². The first-order chi connectivity index (χ1) is 14.5. The van der Waals surface area contributed by atoms with Crippen molar-refractivity contribution >= 4 is 45.7 Å². The van der Waals surface area contributed by atoms with Gasteiger partial charge in [-0.1, -0.05) is 0 Å². The average molecular weight is 444 g/mol. The van der Waals surface area contributed by atoms with Crippen LogP contribution in [0.5, 0.6) is 11.5 Å². The first kappa shape index (κ1) is 21.5. The van der Waals surface area contributed by atoms with E-state index in [9.17, 15) is 9.59 Å². The summed E-state index contributed by atoms with van der Waals surface area (Å²) in [6.07, 6.45) is 3.12. The molecule has 3 rings (SSSR count). The molecule has 2 aromatic heterocycles. The van der Waals surface area contributed by atoms with Crippen LogP contribution >= 0.6 is 22.7 Å². The monoisotopic (exact) mass is 443 g/mol. The molecule has 0 fully saturated rings. The number of rotatable bonds is 8. The third-order valence-corrected chi connectivity index (χ3v) is 5.83. The molecule has 2 heterocycles. The van der Waals surface area contributed by atoms with Gasteiger partial charge in [0.05, 0.1) is 31.3 Å². The minimum absolute atomic E-state index is 0.0657. The van der Waals surface area contributed by atoms with E-state index in [-0.39, 0.29) is 11.8 Å². The molecule has 0 saturated carbocycles. The number of anilines is 1. The summed E-state index contributed by atoms with van der Waals surface area (Å²) in [5.74, 6) is 0.944. The SMILES string of the molecule is COc1cc(/C=C\C(=O)Nc2nc(-c3ccc(CNC(C)=O)s3)cs2)cc(OC)c1. The highest BCUT2D eigenvalue weighted by Gasteiger charge is 2.09. The summed E-state index contributed by atoms with van der Waals surface area (Å²) < 4.78 is 10.5. The molecule has 0 unspecified atom stereocenters. The first-order valence-corrected chi connectivity index (χ1v) is 10.7. The molecule has 2 N–H and O–H groups in total. The summed E-state index contributed by atoms with van der Waals surface area (Å²) in [7, 11) is 3.15. The van der Waals surface area contributed by atoms with Gasteiger partial charge in [-0.15, -0.1) is 22.7 Å². The van der Waals surface area contributed by atoms with E-state index in [2.05, 4.69) is 15.6 Å². The Balaban J connectivity index is 1.62. The Morgan fingerprint density at radius 1 is 1.13 bits per heavy atom. The Hall–Kier alpha value is -3.17. The number of ether oxygens (including phenoxy) is 2. The van der Waals surface area contributed by atoms with Gasteiger partial charge in [0.2, 0.25) is 11.8 Å². The van der Waals surface area contributed by atoms with Crippen LogP contribution in [0.3, 0.4) is 0 Å². The zero-order valence-electron chi connectivity index (χ0n) is 16.7. The second-order valence-electron chi connectivity index (χ2n) is 6.18. The number of thiazole rings is 1. The molecule has 0 atom stereocenters. The summed E-state index contributed by atoms with van der Waals surface area (Å²) >= 11 is 2.91. The Morgan fingerprint density at radius 2 is 1.87 bits per heavy atom. The number of methoxy groups -OCH3 is 2. The van der Waals surface area contributed by atoms with Gasteiger partial charge in [-0.25, -0.2) is 4.98 Å². The minimum Gasteiger partial charge on any atom is -0.497 e. The maximum absolute atomic E-state index is 12.3. The fraction of sp³-hybridized carbons (Fsp3) is 0.190. The van der Waals surface area contributed by atoms with Crippen molar-refractivity contribution in [2.45, 2.75) is 13.5 Å². The largest absolute Gasteiger partial charge is 0.497 e. The highest BCUT2D eigenvalue weighted by Crippen LogP contribution is 2.31. The lowest BCUT2D eigenvalue weighted by molar-refractivity contribution is -0.119. The van der Waals surface area contributed by atoms with Crippen LogP contribution in [0.1, 0.15) is 17.4 Å². The minimum atomic E-state index is -0.282. The second-order valence-corrected chi connectivity index (χ2v) is 8.21. The van der Waals surface area contributed by atoms with Crippen LogP contribution in [0.25, 0.3) is 16.6 Å². The van der Waals surface area contributed by atoms with Gasteiger partial charge >= 0.3 is 0 Å². The van der Waals surface area contributed by atoms with Crippen molar-refractivity contribution in [3.05, 3.63) is 52.2 Å². The Kier molecular flexibility index (Phi) is 7.21. The van der Waals surface area contributed by atoms with Gasteiger partial charge in [0, 0.05) is 29.3 Å². The van der Waals surface area contributed by atoms with Crippen molar-refractivity contribution in [2.24, 2.45) is 0 Å². The summed E-state index contributed by atoms with van der Waals surface area (Å²) in [5.41, 5.74) is 1.57. The Morgan fingerprint density at radius 3 is 2.53 bits per heavy atom. The summed E-state index contributed by atoms with van der Waals surface area (Å²) in [6, 6.07) is 9.30. The smallest absolute Gasteiger partial charge is 0.250 e. The lowest BCUT2D eigenvalue weighted by Gasteiger charge is -2.05. The number of nitrogens with one attached hydrogen (secondary N) is 2. The lowest BCUT2D eigenvalue weighted by atomic mass is 10.2. The number of carbonyl (C=O) groups is 2. The third kappa shape index (κ3) is 5.91. The van der Waals surface area contributed by atoms with Crippen molar-refractivity contribution in [1.82, 2.24) is 10.3 Å². The van der Waals surface area contributed by atoms with Gasteiger partial charge in [-0.2, -0.15) is 0 Å². The zero-order chi connectivity index (χ0) is 21.5. The molecule has 30 heavy (non-hydrogen) atoms. The highest BCUT2D eigenvalue weighted by molar-refractivity contribution is 7.17. The number of benzene rings is 1. The standard InChI is InChI=1S/C21H21N3O4S2/c1-13(25)22-11-17-5-6-19(30-17)18-12-29-21(23-18)24-20(26)7-4-14-8-15(27-2)10-16(9-14)28-3/h4-10,12H,11H2,1-3H3,(H,22,25)(H,23,24,26)/b7-4-. The fourth-order valence-electron chi connectivity index (χ4n) is 2.51. The number of aromatic nitrogens is 1. The normalized spacial score (nSPS) is 10.8. The molecule has 0 aliphatic carbocycles. The molecule has 3 aromatic rings. The van der Waals surface area contributed by atoms with Gasteiger partial charge in [0.25, 0.3) is 0 Å². The van der Waals surface area contributed by atoms with Crippen LogP contribution in [0.2, 0.25) is 0 Å². The van der Waals surface area contributed by atoms with E-state index < -0.39 is 0 Å². The molecule has 0 spiro atoms. The number of carbonyl (C=O) groups excluding carboxylic acids is 2. The summed E-state index contributed by atoms with van der Waals surface area (Å²) in [6.45, 7) is 1.98. The molecule has 0 bridgehead atoms. The molecular formula is C21H21N3O4S2. The predicted molar refractivity (Wildman–Crippen MR) is 120 cm³/mol. The van der Waals surface area contributed by atoms with E-state index in [1.54, 1.807) is 37.7 Å². The topological polar surface area (TPSA) is 89.5 Å². The quantitative estimate of drug-likeness (QED) is 0.510. The number of hydrogen-bond acceptors (Lipinski definition) is 7. The van der Waals surface area contributed by atoms with Gasteiger partial charge in [-0.3, -0.25) is 14.9 Å². The van der Waals surface area contributed by atoms with E-state index in [0.717, 1.165) is 21.0 Å². The lowest BCUT2D eigenvalue weighted by Crippen LogP contribution is -2.17. The van der Waals surface area contributed by atoms with Crippen molar-refractivity contribution in [3.63, 3.8) is 0 Å². The molecule has 7 nitrogen and oxygen atoms in total. The van der Waals surface area contributed by atoms with Crippen molar-refractivity contribution in [3.8, 4) is 22.1 Å². The van der Waals surface area contributed by atoms with Crippen LogP contribution in [0.4, 0.5) is 5.13 Å². The van der Waals surface area contributed by atoms with Crippen LogP contribution < -0.4 is 20.1 Å². The van der Waals surface area contributed by atoms with Crippen LogP contribution in [0, 0.1) is 0 Å². The maximum Gasteiger partial charge on any atom is 0.250 e. The highest BCUT2D eigenvalue weighted by atomic mass is 32.1. The van der Waals surface area contributed by atoms with Crippen LogP contribution in [-0.4, -0.2) is 31.0 Å². The maximum atomic E-state index is 12.3. The molecule has 0 saturated heterocycles.